The highest BCUT2D eigenvalue weighted by atomic mass is 32.2. The lowest BCUT2D eigenvalue weighted by Crippen LogP contribution is -2.41. The van der Waals surface area contributed by atoms with E-state index in [9.17, 15) is 13.2 Å². The van der Waals surface area contributed by atoms with E-state index in [1.807, 2.05) is 0 Å². The van der Waals surface area contributed by atoms with Gasteiger partial charge in [-0.1, -0.05) is 18.2 Å². The second-order valence-electron chi connectivity index (χ2n) is 7.19. The number of amides is 1. The fourth-order valence-corrected chi connectivity index (χ4v) is 5.26. The molecular formula is C21H25N3O4S. The van der Waals surface area contributed by atoms with Gasteiger partial charge in [-0.2, -0.15) is 0 Å². The molecule has 0 spiro atoms. The first kappa shape index (κ1) is 19.9. The van der Waals surface area contributed by atoms with Crippen molar-refractivity contribution >= 4 is 21.6 Å². The van der Waals surface area contributed by atoms with E-state index in [1.165, 1.54) is 4.31 Å². The number of sulfonamides is 1. The Hall–Kier alpha value is -2.42. The molecule has 2 aromatic rings. The number of carbonyl (C=O) groups excluding carboxylic acids is 1. The van der Waals surface area contributed by atoms with Crippen LogP contribution in [-0.2, 0) is 21.2 Å². The minimum absolute atomic E-state index is 0.134. The number of fused-ring (bicyclic) bond motifs is 1. The van der Waals surface area contributed by atoms with Crippen LogP contribution in [0.15, 0.2) is 53.4 Å². The SMILES string of the molecule is O=C(NCCN1CCOCC1)c1ccc2c(c1)CCN2S(=O)(=O)c1ccccc1. The molecule has 0 radical (unpaired) electrons. The normalized spacial score (nSPS) is 17.2. The molecule has 1 amide bonds. The van der Waals surface area contributed by atoms with Crippen LogP contribution < -0.4 is 9.62 Å². The third-order valence-electron chi connectivity index (χ3n) is 5.34. The number of benzene rings is 2. The maximum Gasteiger partial charge on any atom is 0.264 e. The second kappa shape index (κ2) is 8.52. The number of carbonyl (C=O) groups is 1. The van der Waals surface area contributed by atoms with E-state index in [0.717, 1.165) is 38.4 Å². The highest BCUT2D eigenvalue weighted by molar-refractivity contribution is 7.92. The number of hydrogen-bond donors (Lipinski definition) is 1. The van der Waals surface area contributed by atoms with Gasteiger partial charge in [0.1, 0.15) is 0 Å². The molecule has 154 valence electrons. The summed E-state index contributed by atoms with van der Waals surface area (Å²) in [6.07, 6.45) is 0.594. The second-order valence-corrected chi connectivity index (χ2v) is 9.06. The van der Waals surface area contributed by atoms with Crippen molar-refractivity contribution in [3.8, 4) is 0 Å². The van der Waals surface area contributed by atoms with E-state index in [2.05, 4.69) is 10.2 Å². The van der Waals surface area contributed by atoms with Crippen molar-refractivity contribution in [1.82, 2.24) is 10.2 Å². The van der Waals surface area contributed by atoms with Crippen LogP contribution in [0.2, 0.25) is 0 Å². The van der Waals surface area contributed by atoms with Crippen LogP contribution in [0.5, 0.6) is 0 Å². The van der Waals surface area contributed by atoms with Gasteiger partial charge < -0.3 is 10.1 Å². The molecule has 0 bridgehead atoms. The predicted molar refractivity (Wildman–Crippen MR) is 111 cm³/mol. The molecule has 4 rings (SSSR count). The standard InChI is InChI=1S/C21H25N3O4S/c25-21(22-9-11-23-12-14-28-15-13-23)18-6-7-20-17(16-18)8-10-24(20)29(26,27)19-4-2-1-3-5-19/h1-7,16H,8-15H2,(H,22,25). The summed E-state index contributed by atoms with van der Waals surface area (Å²) in [5.41, 5.74) is 2.09. The van der Waals surface area contributed by atoms with E-state index in [-0.39, 0.29) is 10.8 Å². The van der Waals surface area contributed by atoms with Crippen LogP contribution in [0.3, 0.4) is 0 Å². The van der Waals surface area contributed by atoms with Crippen molar-refractivity contribution in [2.45, 2.75) is 11.3 Å². The molecule has 2 aliphatic rings. The van der Waals surface area contributed by atoms with Gasteiger partial charge in [-0.25, -0.2) is 8.42 Å². The van der Waals surface area contributed by atoms with Crippen LogP contribution in [0.1, 0.15) is 15.9 Å². The largest absolute Gasteiger partial charge is 0.379 e. The number of nitrogens with one attached hydrogen (secondary N) is 1. The molecule has 1 N–H and O–H groups in total. The molecule has 0 atom stereocenters. The molecule has 8 heteroatoms. The Kier molecular flexibility index (Phi) is 5.84. The average molecular weight is 416 g/mol. The molecule has 2 aliphatic heterocycles. The van der Waals surface area contributed by atoms with Crippen molar-refractivity contribution in [3.63, 3.8) is 0 Å². The third kappa shape index (κ3) is 4.29. The maximum atomic E-state index is 12.9. The summed E-state index contributed by atoms with van der Waals surface area (Å²) >= 11 is 0. The van der Waals surface area contributed by atoms with E-state index in [1.54, 1.807) is 48.5 Å². The van der Waals surface area contributed by atoms with Gasteiger partial charge in [0.15, 0.2) is 0 Å². The lowest BCUT2D eigenvalue weighted by molar-refractivity contribution is 0.0383. The summed E-state index contributed by atoms with van der Waals surface area (Å²) < 4.78 is 32.6. The molecule has 0 saturated carbocycles. The van der Waals surface area contributed by atoms with Gasteiger partial charge in [-0.05, 0) is 42.3 Å². The van der Waals surface area contributed by atoms with Crippen LogP contribution in [-0.4, -0.2) is 65.2 Å². The fourth-order valence-electron chi connectivity index (χ4n) is 3.74. The summed E-state index contributed by atoms with van der Waals surface area (Å²) in [6, 6.07) is 13.7. The molecule has 2 aromatic carbocycles. The number of rotatable bonds is 6. The van der Waals surface area contributed by atoms with Crippen LogP contribution in [0.25, 0.3) is 0 Å². The first-order valence-corrected chi connectivity index (χ1v) is 11.3. The van der Waals surface area contributed by atoms with Crippen molar-refractivity contribution in [1.29, 1.82) is 0 Å². The molecule has 0 aromatic heterocycles. The molecule has 1 fully saturated rings. The lowest BCUT2D eigenvalue weighted by Gasteiger charge is -2.26. The Morgan fingerprint density at radius 1 is 1.03 bits per heavy atom. The minimum Gasteiger partial charge on any atom is -0.379 e. The zero-order valence-electron chi connectivity index (χ0n) is 16.2. The van der Waals surface area contributed by atoms with E-state index in [4.69, 9.17) is 4.74 Å². The summed E-state index contributed by atoms with van der Waals surface area (Å²) in [5.74, 6) is -0.134. The first-order chi connectivity index (χ1) is 14.1. The van der Waals surface area contributed by atoms with Gasteiger partial charge in [0, 0.05) is 38.3 Å². The van der Waals surface area contributed by atoms with Gasteiger partial charge in [0.2, 0.25) is 0 Å². The number of nitrogens with zero attached hydrogens (tertiary/aromatic N) is 2. The number of morpholine rings is 1. The molecule has 1 saturated heterocycles. The first-order valence-electron chi connectivity index (χ1n) is 9.85. The van der Waals surface area contributed by atoms with Crippen molar-refractivity contribution < 1.29 is 17.9 Å². The van der Waals surface area contributed by atoms with Crippen LogP contribution in [0.4, 0.5) is 5.69 Å². The van der Waals surface area contributed by atoms with Gasteiger partial charge in [-0.3, -0.25) is 14.0 Å². The molecule has 0 unspecified atom stereocenters. The van der Waals surface area contributed by atoms with E-state index < -0.39 is 10.0 Å². The Balaban J connectivity index is 1.42. The van der Waals surface area contributed by atoms with E-state index in [0.29, 0.717) is 30.8 Å². The lowest BCUT2D eigenvalue weighted by atomic mass is 10.1. The summed E-state index contributed by atoms with van der Waals surface area (Å²) in [7, 11) is -3.59. The zero-order chi connectivity index (χ0) is 20.3. The molecular weight excluding hydrogens is 390 g/mol. The Morgan fingerprint density at radius 3 is 2.55 bits per heavy atom. The predicted octanol–water partition coefficient (Wildman–Crippen LogP) is 1.50. The van der Waals surface area contributed by atoms with Gasteiger partial charge in [0.25, 0.3) is 15.9 Å². The number of hydrogen-bond acceptors (Lipinski definition) is 5. The number of anilines is 1. The zero-order valence-corrected chi connectivity index (χ0v) is 17.0. The summed E-state index contributed by atoms with van der Waals surface area (Å²) in [6.45, 7) is 5.01. The van der Waals surface area contributed by atoms with Gasteiger partial charge in [0.05, 0.1) is 23.8 Å². The Morgan fingerprint density at radius 2 is 1.79 bits per heavy atom. The average Bonchev–Trinajstić information content (AvgIpc) is 3.19. The van der Waals surface area contributed by atoms with Gasteiger partial charge >= 0.3 is 0 Å². The molecule has 29 heavy (non-hydrogen) atoms. The molecule has 7 nitrogen and oxygen atoms in total. The molecule has 2 heterocycles. The quantitative estimate of drug-likeness (QED) is 0.774. The van der Waals surface area contributed by atoms with Crippen molar-refractivity contribution in [2.24, 2.45) is 0 Å². The van der Waals surface area contributed by atoms with Gasteiger partial charge in [-0.15, -0.1) is 0 Å². The smallest absolute Gasteiger partial charge is 0.264 e. The van der Waals surface area contributed by atoms with Crippen LogP contribution in [0, 0.1) is 0 Å². The van der Waals surface area contributed by atoms with Crippen molar-refractivity contribution in [2.75, 3.05) is 50.2 Å². The highest BCUT2D eigenvalue weighted by Gasteiger charge is 2.31. The highest BCUT2D eigenvalue weighted by Crippen LogP contribution is 2.33. The topological polar surface area (TPSA) is 79.0 Å². The number of ether oxygens (including phenoxy) is 1. The minimum atomic E-state index is -3.59. The molecule has 0 aliphatic carbocycles. The van der Waals surface area contributed by atoms with Crippen LogP contribution >= 0.6 is 0 Å². The summed E-state index contributed by atoms with van der Waals surface area (Å²) in [4.78, 5) is 15.0. The monoisotopic (exact) mass is 415 g/mol. The van der Waals surface area contributed by atoms with Crippen molar-refractivity contribution in [3.05, 3.63) is 59.7 Å². The fraction of sp³-hybridized carbons (Fsp3) is 0.381. The third-order valence-corrected chi connectivity index (χ3v) is 7.17. The van der Waals surface area contributed by atoms with E-state index >= 15 is 0 Å². The Labute approximate surface area is 171 Å². The Bertz CT molecular complexity index is 973. The maximum absolute atomic E-state index is 12.9. The summed E-state index contributed by atoms with van der Waals surface area (Å²) in [5, 5.41) is 2.95.